The maximum absolute atomic E-state index is 11.5. The first kappa shape index (κ1) is 15.6. The Morgan fingerprint density at radius 3 is 2.53 bits per heavy atom. The van der Waals surface area contributed by atoms with Gasteiger partial charge in [-0.05, 0) is 12.8 Å². The Hall–Kier alpha value is -1.36. The molecule has 0 spiro atoms. The first-order valence-corrected chi connectivity index (χ1v) is 5.87. The van der Waals surface area contributed by atoms with Gasteiger partial charge < -0.3 is 4.74 Å². The minimum absolute atomic E-state index is 0.00389. The first-order valence-electron chi connectivity index (χ1n) is 5.87. The fourth-order valence-corrected chi connectivity index (χ4v) is 1.37. The average Bonchev–Trinajstić information content (AvgIpc) is 2.29. The Labute approximate surface area is 102 Å². The van der Waals surface area contributed by atoms with Crippen LogP contribution in [0.25, 0.3) is 0 Å². The maximum Gasteiger partial charge on any atom is 0.330 e. The van der Waals surface area contributed by atoms with Crippen molar-refractivity contribution in [1.82, 2.24) is 5.06 Å². The Bertz CT molecular complexity index is 265. The van der Waals surface area contributed by atoms with Crippen LogP contribution in [0, 0.1) is 0 Å². The van der Waals surface area contributed by atoms with E-state index in [1.54, 1.807) is 0 Å². The van der Waals surface area contributed by atoms with Crippen molar-refractivity contribution in [2.75, 3.05) is 6.54 Å². The van der Waals surface area contributed by atoms with Crippen molar-refractivity contribution in [3.63, 3.8) is 0 Å². The van der Waals surface area contributed by atoms with E-state index < -0.39 is 18.0 Å². The number of hydrogen-bond donors (Lipinski definition) is 1. The van der Waals surface area contributed by atoms with E-state index in [2.05, 4.69) is 6.58 Å². The topological polar surface area (TPSA) is 66.8 Å². The van der Waals surface area contributed by atoms with Gasteiger partial charge in [0.2, 0.25) is 5.91 Å². The molecule has 5 nitrogen and oxygen atoms in total. The highest BCUT2D eigenvalue weighted by Crippen LogP contribution is 2.09. The molecule has 1 amide bonds. The Morgan fingerprint density at radius 2 is 2.06 bits per heavy atom. The van der Waals surface area contributed by atoms with Crippen LogP contribution >= 0.6 is 0 Å². The second-order valence-corrected chi connectivity index (χ2v) is 3.77. The molecule has 0 rings (SSSR count). The van der Waals surface area contributed by atoms with Gasteiger partial charge in [-0.1, -0.05) is 26.8 Å². The lowest BCUT2D eigenvalue weighted by Crippen LogP contribution is -2.32. The number of amides is 1. The lowest BCUT2D eigenvalue weighted by Gasteiger charge is -2.19. The molecule has 5 heteroatoms. The number of hydroxylamine groups is 2. The summed E-state index contributed by atoms with van der Waals surface area (Å²) < 4.78 is 5.02. The van der Waals surface area contributed by atoms with E-state index in [4.69, 9.17) is 4.74 Å². The van der Waals surface area contributed by atoms with Crippen LogP contribution in [-0.4, -0.2) is 34.8 Å². The van der Waals surface area contributed by atoms with Gasteiger partial charge in [-0.25, -0.2) is 9.86 Å². The van der Waals surface area contributed by atoms with Crippen LogP contribution in [0.5, 0.6) is 0 Å². The SMILES string of the molecule is C=CC(=O)OC(CCC)CC(=O)N(O)CCC. The van der Waals surface area contributed by atoms with Crippen molar-refractivity contribution in [3.05, 3.63) is 12.7 Å². The summed E-state index contributed by atoms with van der Waals surface area (Å²) in [6.07, 6.45) is 2.63. The van der Waals surface area contributed by atoms with Crippen molar-refractivity contribution >= 4 is 11.9 Å². The van der Waals surface area contributed by atoms with Crippen LogP contribution in [0.3, 0.4) is 0 Å². The summed E-state index contributed by atoms with van der Waals surface area (Å²) in [5, 5.41) is 10.0. The highest BCUT2D eigenvalue weighted by Gasteiger charge is 2.19. The third-order valence-electron chi connectivity index (χ3n) is 2.19. The van der Waals surface area contributed by atoms with Crippen molar-refractivity contribution in [2.45, 2.75) is 45.6 Å². The molecule has 0 aromatic rings. The zero-order valence-electron chi connectivity index (χ0n) is 10.5. The zero-order valence-corrected chi connectivity index (χ0v) is 10.5. The highest BCUT2D eigenvalue weighted by atomic mass is 16.5. The molecule has 0 aromatic heterocycles. The van der Waals surface area contributed by atoms with Gasteiger partial charge in [-0.15, -0.1) is 0 Å². The Kier molecular flexibility index (Phi) is 8.05. The summed E-state index contributed by atoms with van der Waals surface area (Å²) in [5.41, 5.74) is 0. The van der Waals surface area contributed by atoms with Crippen LogP contribution in [0.2, 0.25) is 0 Å². The molecular formula is C12H21NO4. The Balaban J connectivity index is 4.27. The van der Waals surface area contributed by atoms with E-state index in [0.717, 1.165) is 12.5 Å². The van der Waals surface area contributed by atoms with E-state index in [0.29, 0.717) is 17.9 Å². The summed E-state index contributed by atoms with van der Waals surface area (Å²) in [4.78, 5) is 22.6. The van der Waals surface area contributed by atoms with Crippen LogP contribution < -0.4 is 0 Å². The van der Waals surface area contributed by atoms with Gasteiger partial charge >= 0.3 is 5.97 Å². The van der Waals surface area contributed by atoms with E-state index in [1.165, 1.54) is 0 Å². The van der Waals surface area contributed by atoms with Crippen molar-refractivity contribution in [1.29, 1.82) is 0 Å². The van der Waals surface area contributed by atoms with E-state index in [9.17, 15) is 14.8 Å². The van der Waals surface area contributed by atoms with Crippen LogP contribution in [0.1, 0.15) is 39.5 Å². The molecule has 0 aliphatic rings. The van der Waals surface area contributed by atoms with Crippen molar-refractivity contribution in [2.24, 2.45) is 0 Å². The number of rotatable bonds is 8. The predicted molar refractivity (Wildman–Crippen MR) is 63.4 cm³/mol. The summed E-state index contributed by atoms with van der Waals surface area (Å²) in [6, 6.07) is 0. The fraction of sp³-hybridized carbons (Fsp3) is 0.667. The summed E-state index contributed by atoms with van der Waals surface area (Å²) in [5.74, 6) is -0.974. The smallest absolute Gasteiger partial charge is 0.330 e. The molecule has 0 saturated carbocycles. The van der Waals surface area contributed by atoms with Crippen molar-refractivity contribution < 1.29 is 19.5 Å². The van der Waals surface area contributed by atoms with Crippen molar-refractivity contribution in [3.8, 4) is 0 Å². The zero-order chi connectivity index (χ0) is 13.3. The number of carbonyl (C=O) groups excluding carboxylic acids is 2. The summed E-state index contributed by atoms with van der Waals surface area (Å²) >= 11 is 0. The van der Waals surface area contributed by atoms with Gasteiger partial charge in [-0.3, -0.25) is 10.0 Å². The van der Waals surface area contributed by atoms with Gasteiger partial charge in [0.25, 0.3) is 0 Å². The molecule has 0 bridgehead atoms. The number of hydrogen-bond acceptors (Lipinski definition) is 4. The maximum atomic E-state index is 11.5. The minimum atomic E-state index is -0.545. The molecule has 0 aliphatic heterocycles. The van der Waals surface area contributed by atoms with Crippen LogP contribution in [-0.2, 0) is 14.3 Å². The summed E-state index contributed by atoms with van der Waals surface area (Å²) in [7, 11) is 0. The normalized spacial score (nSPS) is 11.7. The first-order chi connectivity index (χ1) is 8.04. The number of carbonyl (C=O) groups is 2. The van der Waals surface area contributed by atoms with Gasteiger partial charge in [-0.2, -0.15) is 0 Å². The van der Waals surface area contributed by atoms with Gasteiger partial charge in [0.15, 0.2) is 0 Å². The van der Waals surface area contributed by atoms with Gasteiger partial charge in [0.1, 0.15) is 6.10 Å². The molecule has 0 aromatic carbocycles. The molecule has 0 fully saturated rings. The average molecular weight is 243 g/mol. The van der Waals surface area contributed by atoms with Crippen LogP contribution in [0.4, 0.5) is 0 Å². The third kappa shape index (κ3) is 6.73. The molecule has 1 unspecified atom stereocenters. The molecule has 17 heavy (non-hydrogen) atoms. The predicted octanol–water partition coefficient (Wildman–Crippen LogP) is 1.90. The number of nitrogens with zero attached hydrogens (tertiary/aromatic N) is 1. The molecule has 98 valence electrons. The monoisotopic (exact) mass is 243 g/mol. The fourth-order valence-electron chi connectivity index (χ4n) is 1.37. The Morgan fingerprint density at radius 1 is 1.41 bits per heavy atom. The molecule has 0 radical (unpaired) electrons. The molecule has 1 N–H and O–H groups in total. The molecule has 1 atom stereocenters. The standard InChI is InChI=1S/C12H21NO4/c1-4-7-10(17-12(15)6-3)9-11(14)13(16)8-5-2/h6,10,16H,3-5,7-9H2,1-2H3. The van der Waals surface area contributed by atoms with Crippen LogP contribution in [0.15, 0.2) is 12.7 Å². The van der Waals surface area contributed by atoms with Gasteiger partial charge in [0, 0.05) is 12.6 Å². The second kappa shape index (κ2) is 8.75. The molecule has 0 saturated heterocycles. The molecule has 0 heterocycles. The number of ether oxygens (including phenoxy) is 1. The quantitative estimate of drug-likeness (QED) is 0.306. The highest BCUT2D eigenvalue weighted by molar-refractivity contribution is 5.82. The van der Waals surface area contributed by atoms with E-state index in [1.807, 2.05) is 13.8 Å². The van der Waals surface area contributed by atoms with E-state index >= 15 is 0 Å². The minimum Gasteiger partial charge on any atom is -0.459 e. The summed E-state index contributed by atoms with van der Waals surface area (Å²) in [6.45, 7) is 7.37. The third-order valence-corrected chi connectivity index (χ3v) is 2.19. The molecular weight excluding hydrogens is 222 g/mol. The number of esters is 1. The lowest BCUT2D eigenvalue weighted by atomic mass is 10.1. The molecule has 0 aliphatic carbocycles. The van der Waals surface area contributed by atoms with E-state index in [-0.39, 0.29) is 13.0 Å². The largest absolute Gasteiger partial charge is 0.459 e. The van der Waals surface area contributed by atoms with Gasteiger partial charge in [0.05, 0.1) is 6.42 Å². The lowest BCUT2D eigenvalue weighted by molar-refractivity contribution is -0.169. The second-order valence-electron chi connectivity index (χ2n) is 3.77.